The maximum Gasteiger partial charge on any atom is 0.243 e. The van der Waals surface area contributed by atoms with Crippen LogP contribution in [-0.4, -0.2) is 44.9 Å². The first-order chi connectivity index (χ1) is 12.9. The lowest BCUT2D eigenvalue weighted by atomic mass is 10.1. The van der Waals surface area contributed by atoms with Crippen LogP contribution in [0.25, 0.3) is 0 Å². The number of amides is 1. The first-order valence-corrected chi connectivity index (χ1v) is 11.2. The number of nitrogens with one attached hydrogen (secondary N) is 1. The van der Waals surface area contributed by atoms with Gasteiger partial charge in [0.2, 0.25) is 15.9 Å². The predicted molar refractivity (Wildman–Crippen MR) is 112 cm³/mol. The molecular formula is C19H21IN2O4S. The molecule has 27 heavy (non-hydrogen) atoms. The van der Waals surface area contributed by atoms with Gasteiger partial charge in [-0.3, -0.25) is 4.79 Å². The zero-order valence-electron chi connectivity index (χ0n) is 14.7. The van der Waals surface area contributed by atoms with Crippen LogP contribution in [0.5, 0.6) is 0 Å². The lowest BCUT2D eigenvalue weighted by Crippen LogP contribution is -2.40. The number of carbonyl (C=O) groups excluding carboxylic acids is 1. The van der Waals surface area contributed by atoms with Gasteiger partial charge in [0.15, 0.2) is 0 Å². The van der Waals surface area contributed by atoms with Gasteiger partial charge in [-0.15, -0.1) is 0 Å². The summed E-state index contributed by atoms with van der Waals surface area (Å²) < 4.78 is 33.0. The van der Waals surface area contributed by atoms with Crippen molar-refractivity contribution >= 4 is 44.2 Å². The van der Waals surface area contributed by atoms with Crippen LogP contribution in [0.3, 0.4) is 0 Å². The Morgan fingerprint density at radius 3 is 2.30 bits per heavy atom. The minimum Gasteiger partial charge on any atom is -0.379 e. The zero-order valence-corrected chi connectivity index (χ0v) is 17.7. The summed E-state index contributed by atoms with van der Waals surface area (Å²) in [4.78, 5) is 12.4. The molecule has 1 aliphatic rings. The van der Waals surface area contributed by atoms with Gasteiger partial charge >= 0.3 is 0 Å². The zero-order chi connectivity index (χ0) is 19.3. The number of hydrogen-bond acceptors (Lipinski definition) is 4. The molecule has 6 nitrogen and oxygen atoms in total. The summed E-state index contributed by atoms with van der Waals surface area (Å²) in [6.45, 7) is 1.60. The summed E-state index contributed by atoms with van der Waals surface area (Å²) >= 11 is 2.21. The molecule has 0 saturated carbocycles. The molecule has 0 aromatic heterocycles. The van der Waals surface area contributed by atoms with E-state index in [2.05, 4.69) is 27.9 Å². The summed E-state index contributed by atoms with van der Waals surface area (Å²) in [5.74, 6) is -0.0683. The molecule has 1 N–H and O–H groups in total. The molecule has 1 heterocycles. The minimum absolute atomic E-state index is 0.0683. The molecule has 1 saturated heterocycles. The second-order valence-corrected chi connectivity index (χ2v) is 9.40. The molecule has 2 aromatic carbocycles. The lowest BCUT2D eigenvalue weighted by molar-refractivity contribution is -0.116. The van der Waals surface area contributed by atoms with E-state index < -0.39 is 10.0 Å². The topological polar surface area (TPSA) is 75.7 Å². The van der Waals surface area contributed by atoms with Gasteiger partial charge in [0, 0.05) is 28.8 Å². The molecule has 0 aliphatic carbocycles. The Morgan fingerprint density at radius 1 is 1.04 bits per heavy atom. The maximum absolute atomic E-state index is 12.6. The van der Waals surface area contributed by atoms with Crippen LogP contribution in [0.4, 0.5) is 5.69 Å². The van der Waals surface area contributed by atoms with Crippen molar-refractivity contribution in [3.8, 4) is 0 Å². The summed E-state index contributed by atoms with van der Waals surface area (Å²) in [6, 6.07) is 14.4. The highest BCUT2D eigenvalue weighted by Gasteiger charge is 2.26. The van der Waals surface area contributed by atoms with Gasteiger partial charge in [-0.2, -0.15) is 4.31 Å². The van der Waals surface area contributed by atoms with Gasteiger partial charge in [-0.1, -0.05) is 12.1 Å². The van der Waals surface area contributed by atoms with E-state index in [9.17, 15) is 13.2 Å². The van der Waals surface area contributed by atoms with Gasteiger partial charge in [0.05, 0.1) is 18.1 Å². The van der Waals surface area contributed by atoms with Crippen LogP contribution in [0, 0.1) is 3.57 Å². The molecule has 2 aromatic rings. The van der Waals surface area contributed by atoms with Crippen LogP contribution in [0.2, 0.25) is 0 Å². The Morgan fingerprint density at radius 2 is 1.67 bits per heavy atom. The van der Waals surface area contributed by atoms with Crippen LogP contribution in [0.15, 0.2) is 53.4 Å². The smallest absolute Gasteiger partial charge is 0.243 e. The van der Waals surface area contributed by atoms with Crippen molar-refractivity contribution < 1.29 is 17.9 Å². The molecule has 1 fully saturated rings. The van der Waals surface area contributed by atoms with E-state index in [-0.39, 0.29) is 10.8 Å². The molecule has 144 valence electrons. The number of morpholine rings is 1. The van der Waals surface area contributed by atoms with Gasteiger partial charge < -0.3 is 10.1 Å². The van der Waals surface area contributed by atoms with Crippen molar-refractivity contribution in [2.45, 2.75) is 17.7 Å². The minimum atomic E-state index is -3.48. The van der Waals surface area contributed by atoms with E-state index in [1.165, 1.54) is 4.31 Å². The molecule has 8 heteroatoms. The Bertz CT molecular complexity index is 877. The number of anilines is 1. The Kier molecular flexibility index (Phi) is 6.85. The second kappa shape index (κ2) is 9.13. The van der Waals surface area contributed by atoms with E-state index in [1.807, 2.05) is 24.3 Å². The van der Waals surface area contributed by atoms with Crippen LogP contribution < -0.4 is 5.32 Å². The van der Waals surface area contributed by atoms with Crippen LogP contribution in [0.1, 0.15) is 12.0 Å². The quantitative estimate of drug-likeness (QED) is 0.620. The van der Waals surface area contributed by atoms with Crippen molar-refractivity contribution in [1.29, 1.82) is 0 Å². The first kappa shape index (κ1) is 20.2. The van der Waals surface area contributed by atoms with E-state index in [4.69, 9.17) is 4.74 Å². The van der Waals surface area contributed by atoms with E-state index in [0.717, 1.165) is 14.8 Å². The molecule has 0 unspecified atom stereocenters. The molecule has 0 atom stereocenters. The van der Waals surface area contributed by atoms with Crippen molar-refractivity contribution in [3.05, 3.63) is 57.7 Å². The van der Waals surface area contributed by atoms with Gasteiger partial charge in [-0.05, 0) is 71.0 Å². The highest BCUT2D eigenvalue weighted by molar-refractivity contribution is 14.1. The van der Waals surface area contributed by atoms with Crippen molar-refractivity contribution in [2.75, 3.05) is 31.6 Å². The van der Waals surface area contributed by atoms with E-state index in [0.29, 0.717) is 39.1 Å². The first-order valence-electron chi connectivity index (χ1n) is 8.67. The van der Waals surface area contributed by atoms with Crippen LogP contribution >= 0.6 is 22.6 Å². The van der Waals surface area contributed by atoms with Crippen LogP contribution in [-0.2, 0) is 26.0 Å². The molecular weight excluding hydrogens is 479 g/mol. The molecule has 1 amide bonds. The standard InChI is InChI=1S/C19H21IN2O4S/c20-16-4-6-17(7-5-16)21-19(23)10-3-15-1-8-18(9-2-15)27(24,25)22-11-13-26-14-12-22/h1-2,4-9H,3,10-14H2,(H,21,23). The molecule has 0 bridgehead atoms. The van der Waals surface area contributed by atoms with Crippen molar-refractivity contribution in [2.24, 2.45) is 0 Å². The van der Waals surface area contributed by atoms with Crippen molar-refractivity contribution in [3.63, 3.8) is 0 Å². The Balaban J connectivity index is 1.55. The third-order valence-corrected chi connectivity index (χ3v) is 6.93. The average Bonchev–Trinajstić information content (AvgIpc) is 2.69. The fraction of sp³-hybridized carbons (Fsp3) is 0.316. The van der Waals surface area contributed by atoms with Gasteiger partial charge in [0.1, 0.15) is 0 Å². The fourth-order valence-corrected chi connectivity index (χ4v) is 4.55. The highest BCUT2D eigenvalue weighted by Crippen LogP contribution is 2.18. The second-order valence-electron chi connectivity index (χ2n) is 6.22. The Hall–Kier alpha value is -1.49. The molecule has 0 radical (unpaired) electrons. The molecule has 3 rings (SSSR count). The SMILES string of the molecule is O=C(CCc1ccc(S(=O)(=O)N2CCOCC2)cc1)Nc1ccc(I)cc1. The predicted octanol–water partition coefficient (Wildman–Crippen LogP) is 2.88. The maximum atomic E-state index is 12.6. The van der Waals surface area contributed by atoms with E-state index in [1.54, 1.807) is 24.3 Å². The normalized spacial score (nSPS) is 15.4. The summed E-state index contributed by atoms with van der Waals surface area (Å²) in [5, 5.41) is 2.86. The number of sulfonamides is 1. The monoisotopic (exact) mass is 500 g/mol. The lowest BCUT2D eigenvalue weighted by Gasteiger charge is -2.26. The third-order valence-electron chi connectivity index (χ3n) is 4.30. The third kappa shape index (κ3) is 5.50. The number of rotatable bonds is 6. The number of aryl methyl sites for hydroxylation is 1. The average molecular weight is 500 g/mol. The molecule has 0 spiro atoms. The fourth-order valence-electron chi connectivity index (χ4n) is 2.78. The number of hydrogen-bond donors (Lipinski definition) is 1. The Labute approximate surface area is 173 Å². The van der Waals surface area contributed by atoms with E-state index >= 15 is 0 Å². The number of carbonyl (C=O) groups is 1. The summed E-state index contributed by atoms with van der Waals surface area (Å²) in [6.07, 6.45) is 0.885. The molecule has 1 aliphatic heterocycles. The summed E-state index contributed by atoms with van der Waals surface area (Å²) in [5.41, 5.74) is 1.70. The van der Waals surface area contributed by atoms with Gasteiger partial charge in [0.25, 0.3) is 0 Å². The number of ether oxygens (including phenoxy) is 1. The van der Waals surface area contributed by atoms with Gasteiger partial charge in [-0.25, -0.2) is 8.42 Å². The highest BCUT2D eigenvalue weighted by atomic mass is 127. The van der Waals surface area contributed by atoms with Crippen molar-refractivity contribution in [1.82, 2.24) is 4.31 Å². The summed E-state index contributed by atoms with van der Waals surface area (Å²) in [7, 11) is -3.48. The number of benzene rings is 2. The number of nitrogens with zero attached hydrogens (tertiary/aromatic N) is 1. The largest absolute Gasteiger partial charge is 0.379 e. The number of halogens is 1.